The van der Waals surface area contributed by atoms with E-state index < -0.39 is 6.10 Å². The summed E-state index contributed by atoms with van der Waals surface area (Å²) in [7, 11) is 0. The molecule has 128 valence electrons. The summed E-state index contributed by atoms with van der Waals surface area (Å²) in [6, 6.07) is 4.70. The fraction of sp³-hybridized carbons (Fsp3) is 0.389. The third-order valence-electron chi connectivity index (χ3n) is 4.24. The van der Waals surface area contributed by atoms with Gasteiger partial charge in [0.2, 0.25) is 0 Å². The summed E-state index contributed by atoms with van der Waals surface area (Å²) in [6.07, 6.45) is 4.00. The summed E-state index contributed by atoms with van der Waals surface area (Å²) < 4.78 is 19.0. The van der Waals surface area contributed by atoms with Crippen molar-refractivity contribution in [2.24, 2.45) is 0 Å². The maximum atomic E-state index is 13.3. The SMILES string of the molecule is CC(OC1=C(Cl)CC(Cl)C=C1)C(=O)N1CCc2cc(F)ccc2C1. The molecule has 2 unspecified atom stereocenters. The Balaban J connectivity index is 1.65. The molecule has 2 aliphatic rings. The number of carbonyl (C=O) groups is 1. The lowest BCUT2D eigenvalue weighted by atomic mass is 9.99. The van der Waals surface area contributed by atoms with Gasteiger partial charge in [-0.05, 0) is 42.7 Å². The first-order chi connectivity index (χ1) is 11.4. The van der Waals surface area contributed by atoms with Crippen molar-refractivity contribution in [3.63, 3.8) is 0 Å². The first kappa shape index (κ1) is 17.3. The molecule has 1 heterocycles. The number of carbonyl (C=O) groups excluding carboxylic acids is 1. The molecule has 0 fully saturated rings. The predicted octanol–water partition coefficient (Wildman–Crippen LogP) is 4.13. The number of allylic oxidation sites excluding steroid dienone is 3. The van der Waals surface area contributed by atoms with Crippen LogP contribution in [0.4, 0.5) is 4.39 Å². The monoisotopic (exact) mass is 369 g/mol. The van der Waals surface area contributed by atoms with Crippen molar-refractivity contribution in [1.29, 1.82) is 0 Å². The molecule has 3 rings (SSSR count). The van der Waals surface area contributed by atoms with Crippen molar-refractivity contribution in [1.82, 2.24) is 4.90 Å². The molecule has 1 aromatic rings. The minimum Gasteiger partial charge on any atom is -0.480 e. The van der Waals surface area contributed by atoms with E-state index in [0.29, 0.717) is 36.7 Å². The van der Waals surface area contributed by atoms with Gasteiger partial charge in [0.15, 0.2) is 6.10 Å². The topological polar surface area (TPSA) is 29.5 Å². The fourth-order valence-corrected chi connectivity index (χ4v) is 3.51. The van der Waals surface area contributed by atoms with Crippen molar-refractivity contribution < 1.29 is 13.9 Å². The van der Waals surface area contributed by atoms with E-state index in [4.69, 9.17) is 27.9 Å². The molecular formula is C18H18Cl2FNO2. The molecule has 2 atom stereocenters. The summed E-state index contributed by atoms with van der Waals surface area (Å²) in [4.78, 5) is 14.4. The highest BCUT2D eigenvalue weighted by Crippen LogP contribution is 2.28. The average molecular weight is 370 g/mol. The third-order valence-corrected chi connectivity index (χ3v) is 4.88. The highest BCUT2D eigenvalue weighted by atomic mass is 35.5. The van der Waals surface area contributed by atoms with Crippen LogP contribution in [0.1, 0.15) is 24.5 Å². The van der Waals surface area contributed by atoms with Gasteiger partial charge in [-0.3, -0.25) is 4.79 Å². The second-order valence-corrected chi connectivity index (χ2v) is 7.05. The van der Waals surface area contributed by atoms with E-state index in [9.17, 15) is 9.18 Å². The molecule has 0 saturated carbocycles. The molecule has 0 aromatic heterocycles. The van der Waals surface area contributed by atoms with Gasteiger partial charge in [-0.15, -0.1) is 11.6 Å². The molecule has 0 bridgehead atoms. The molecule has 0 saturated heterocycles. The minimum absolute atomic E-state index is 0.108. The summed E-state index contributed by atoms with van der Waals surface area (Å²) in [6.45, 7) is 2.73. The number of fused-ring (bicyclic) bond motifs is 1. The van der Waals surface area contributed by atoms with E-state index in [-0.39, 0.29) is 17.1 Å². The Kier molecular flexibility index (Phi) is 5.16. The first-order valence-corrected chi connectivity index (χ1v) is 8.69. The van der Waals surface area contributed by atoms with Crippen LogP contribution < -0.4 is 0 Å². The van der Waals surface area contributed by atoms with E-state index in [1.165, 1.54) is 12.1 Å². The molecule has 3 nitrogen and oxygen atoms in total. The summed E-state index contributed by atoms with van der Waals surface area (Å²) in [5, 5.41) is 0.381. The molecule has 1 amide bonds. The molecule has 1 aliphatic carbocycles. The zero-order valence-electron chi connectivity index (χ0n) is 13.3. The number of nitrogens with zero attached hydrogens (tertiary/aromatic N) is 1. The Bertz CT molecular complexity index is 717. The van der Waals surface area contributed by atoms with E-state index in [1.807, 2.05) is 0 Å². The zero-order valence-corrected chi connectivity index (χ0v) is 14.8. The van der Waals surface area contributed by atoms with Gasteiger partial charge >= 0.3 is 0 Å². The lowest BCUT2D eigenvalue weighted by Crippen LogP contribution is -2.42. The Hall–Kier alpha value is -1.52. The Morgan fingerprint density at radius 3 is 2.96 bits per heavy atom. The van der Waals surface area contributed by atoms with Crippen LogP contribution in [-0.2, 0) is 22.5 Å². The number of hydrogen-bond donors (Lipinski definition) is 0. The lowest BCUT2D eigenvalue weighted by molar-refractivity contribution is -0.141. The van der Waals surface area contributed by atoms with Crippen molar-refractivity contribution in [3.8, 4) is 0 Å². The second-order valence-electron chi connectivity index (χ2n) is 6.03. The van der Waals surface area contributed by atoms with Gasteiger partial charge in [0.05, 0.1) is 10.4 Å². The Labute approximate surface area is 150 Å². The smallest absolute Gasteiger partial charge is 0.263 e. The van der Waals surface area contributed by atoms with Gasteiger partial charge in [0.25, 0.3) is 5.91 Å². The highest BCUT2D eigenvalue weighted by molar-refractivity contribution is 6.31. The van der Waals surface area contributed by atoms with E-state index in [1.54, 1.807) is 30.0 Å². The lowest BCUT2D eigenvalue weighted by Gasteiger charge is -2.31. The second kappa shape index (κ2) is 7.16. The number of ether oxygens (including phenoxy) is 1. The highest BCUT2D eigenvalue weighted by Gasteiger charge is 2.27. The van der Waals surface area contributed by atoms with Crippen molar-refractivity contribution in [2.75, 3.05) is 6.54 Å². The molecular weight excluding hydrogens is 352 g/mol. The van der Waals surface area contributed by atoms with Crippen LogP contribution in [0.3, 0.4) is 0 Å². The van der Waals surface area contributed by atoms with Crippen LogP contribution in [0, 0.1) is 5.82 Å². The van der Waals surface area contributed by atoms with Gasteiger partial charge in [0, 0.05) is 19.5 Å². The molecule has 1 aliphatic heterocycles. The van der Waals surface area contributed by atoms with E-state index in [2.05, 4.69) is 0 Å². The van der Waals surface area contributed by atoms with Gasteiger partial charge in [-0.1, -0.05) is 23.7 Å². The van der Waals surface area contributed by atoms with Crippen LogP contribution >= 0.6 is 23.2 Å². The van der Waals surface area contributed by atoms with Gasteiger partial charge in [-0.25, -0.2) is 4.39 Å². The standard InChI is InChI=1S/C18H18Cl2FNO2/c1-11(24-17-5-3-14(19)9-16(17)20)18(23)22-7-6-12-8-15(21)4-2-13(12)10-22/h2-5,8,11,14H,6-7,9-10H2,1H3. The fourth-order valence-electron chi connectivity index (χ4n) is 2.93. The number of amides is 1. The predicted molar refractivity (Wildman–Crippen MR) is 92.3 cm³/mol. The molecule has 1 aromatic carbocycles. The van der Waals surface area contributed by atoms with Crippen LogP contribution in [0.25, 0.3) is 0 Å². The third kappa shape index (κ3) is 3.76. The Morgan fingerprint density at radius 1 is 1.42 bits per heavy atom. The van der Waals surface area contributed by atoms with E-state index >= 15 is 0 Å². The quantitative estimate of drug-likeness (QED) is 0.749. The van der Waals surface area contributed by atoms with Crippen LogP contribution in [-0.4, -0.2) is 28.8 Å². The average Bonchev–Trinajstić information content (AvgIpc) is 2.56. The number of hydrogen-bond acceptors (Lipinski definition) is 2. The molecule has 0 radical (unpaired) electrons. The first-order valence-electron chi connectivity index (χ1n) is 7.87. The number of halogens is 3. The van der Waals surface area contributed by atoms with Crippen molar-refractivity contribution >= 4 is 29.1 Å². The number of rotatable bonds is 3. The molecule has 24 heavy (non-hydrogen) atoms. The maximum absolute atomic E-state index is 13.3. The van der Waals surface area contributed by atoms with Crippen molar-refractivity contribution in [2.45, 2.75) is 37.8 Å². The normalized spacial score (nSPS) is 21.5. The van der Waals surface area contributed by atoms with E-state index in [0.717, 1.165) is 11.1 Å². The van der Waals surface area contributed by atoms with Gasteiger partial charge in [0.1, 0.15) is 11.6 Å². The zero-order chi connectivity index (χ0) is 17.3. The van der Waals surface area contributed by atoms with Crippen LogP contribution in [0.5, 0.6) is 0 Å². The minimum atomic E-state index is -0.646. The Morgan fingerprint density at radius 2 is 2.21 bits per heavy atom. The number of benzene rings is 1. The maximum Gasteiger partial charge on any atom is 0.263 e. The summed E-state index contributed by atoms with van der Waals surface area (Å²) in [5.41, 5.74) is 1.93. The van der Waals surface area contributed by atoms with Crippen LogP contribution in [0.15, 0.2) is 41.1 Å². The largest absolute Gasteiger partial charge is 0.480 e. The van der Waals surface area contributed by atoms with Crippen molar-refractivity contribution in [3.05, 3.63) is 58.1 Å². The summed E-state index contributed by atoms with van der Waals surface area (Å²) in [5.74, 6) is 0.144. The summed E-state index contributed by atoms with van der Waals surface area (Å²) >= 11 is 12.1. The van der Waals surface area contributed by atoms with Gasteiger partial charge < -0.3 is 9.64 Å². The number of alkyl halides is 1. The molecule has 0 N–H and O–H groups in total. The molecule has 0 spiro atoms. The molecule has 6 heteroatoms. The van der Waals surface area contributed by atoms with Gasteiger partial charge in [-0.2, -0.15) is 0 Å². The van der Waals surface area contributed by atoms with Crippen LogP contribution in [0.2, 0.25) is 0 Å².